The molecule has 41 heavy (non-hydrogen) atoms. The third-order valence-electron chi connectivity index (χ3n) is 8.75. The number of carbonyl (C=O) groups excluding carboxylic acids is 3. The van der Waals surface area contributed by atoms with Crippen molar-refractivity contribution in [2.75, 3.05) is 24.7 Å². The molecule has 2 amide bonds. The predicted molar refractivity (Wildman–Crippen MR) is 160 cm³/mol. The van der Waals surface area contributed by atoms with Crippen LogP contribution >= 0.6 is 23.4 Å². The smallest absolute Gasteiger partial charge is 0.311 e. The number of thioether (sulfide) groups is 1. The number of likely N-dealkylation sites (tertiary alicyclic amines) is 1. The number of aliphatic hydroxyl groups excluding tert-OH is 1. The highest BCUT2D eigenvalue weighted by molar-refractivity contribution is 8.02. The molecule has 1 spiro atoms. The van der Waals surface area contributed by atoms with Gasteiger partial charge >= 0.3 is 5.97 Å². The predicted octanol–water partition coefficient (Wildman–Crippen LogP) is 4.43. The summed E-state index contributed by atoms with van der Waals surface area (Å²) in [5.41, 5.74) is 1.49. The van der Waals surface area contributed by atoms with Gasteiger partial charge < -0.3 is 19.6 Å². The number of nitrogens with zero attached hydrogens (tertiary/aromatic N) is 2. The van der Waals surface area contributed by atoms with Crippen molar-refractivity contribution in [1.29, 1.82) is 0 Å². The number of ether oxygens (including phenoxy) is 1. The molecule has 0 radical (unpaired) electrons. The summed E-state index contributed by atoms with van der Waals surface area (Å²) in [6.45, 7) is 2.18. The van der Waals surface area contributed by atoms with E-state index < -0.39 is 39.4 Å². The van der Waals surface area contributed by atoms with Crippen LogP contribution in [-0.4, -0.2) is 69.1 Å². The summed E-state index contributed by atoms with van der Waals surface area (Å²) in [5, 5.41) is 11.1. The highest BCUT2D eigenvalue weighted by atomic mass is 35.5. The number of hydrogen-bond acceptors (Lipinski definition) is 6. The van der Waals surface area contributed by atoms with E-state index in [4.69, 9.17) is 16.3 Å². The molecule has 0 bridgehead atoms. The van der Waals surface area contributed by atoms with Crippen molar-refractivity contribution in [3.8, 4) is 0 Å². The van der Waals surface area contributed by atoms with Gasteiger partial charge in [0, 0.05) is 11.3 Å². The summed E-state index contributed by atoms with van der Waals surface area (Å²) < 4.78 is 3.90. The molecular weight excluding hydrogens is 560 g/mol. The quantitative estimate of drug-likeness (QED) is 0.408. The Balaban J connectivity index is 1.51. The van der Waals surface area contributed by atoms with Crippen LogP contribution in [0.5, 0.6) is 0 Å². The van der Waals surface area contributed by atoms with Gasteiger partial charge in [-0.05, 0) is 43.9 Å². The highest BCUT2D eigenvalue weighted by Gasteiger charge is 2.74. The molecular formula is C32H33ClN2O5S. The van der Waals surface area contributed by atoms with E-state index in [0.29, 0.717) is 23.6 Å². The molecule has 0 saturated carbocycles. The number of rotatable bonds is 5. The largest absolute Gasteiger partial charge is 0.465 e. The van der Waals surface area contributed by atoms with Crippen LogP contribution < -0.4 is 4.90 Å². The molecule has 2 aromatic carbocycles. The first-order valence-electron chi connectivity index (χ1n) is 14.1. The van der Waals surface area contributed by atoms with Gasteiger partial charge in [-0.1, -0.05) is 78.4 Å². The second-order valence-corrected chi connectivity index (χ2v) is 13.5. The molecule has 2 fully saturated rings. The van der Waals surface area contributed by atoms with E-state index in [1.165, 1.54) is 11.8 Å². The van der Waals surface area contributed by atoms with Crippen molar-refractivity contribution in [3.05, 3.63) is 89.5 Å². The molecule has 1 unspecified atom stereocenters. The van der Waals surface area contributed by atoms with Crippen LogP contribution in [0.4, 0.5) is 5.69 Å². The molecule has 4 heterocycles. The lowest BCUT2D eigenvalue weighted by molar-refractivity contribution is -0.154. The zero-order chi connectivity index (χ0) is 28.8. The van der Waals surface area contributed by atoms with Crippen LogP contribution in [0.2, 0.25) is 5.02 Å². The Bertz CT molecular complexity index is 1420. The highest BCUT2D eigenvalue weighted by Crippen LogP contribution is 2.65. The van der Waals surface area contributed by atoms with Crippen molar-refractivity contribution < 1.29 is 24.2 Å². The average molecular weight is 593 g/mol. The van der Waals surface area contributed by atoms with Crippen LogP contribution in [0.3, 0.4) is 0 Å². The first-order chi connectivity index (χ1) is 19.8. The second kappa shape index (κ2) is 11.0. The normalized spacial score (nSPS) is 32.7. The standard InChI is InChI=1S/C32H33ClN2O5S/c1-31-15-8-3-9-18-40-30(39)26(31)25-28(37)35(22(20-36)19-21-11-4-2-5-12-21)27-29(38)34(17-10-16-32(25,27)41-31)24-14-7-6-13-23(24)33/h2,4-8,10-16,22,25-27,36H,3,9,17-20H2,1H3/b15-8-/t22-,25+,26+,27?,31-,32+/m1/s1. The van der Waals surface area contributed by atoms with E-state index >= 15 is 0 Å². The van der Waals surface area contributed by atoms with Gasteiger partial charge in [0.2, 0.25) is 5.91 Å². The Morgan fingerprint density at radius 1 is 1.02 bits per heavy atom. The van der Waals surface area contributed by atoms with Crippen LogP contribution in [-0.2, 0) is 25.5 Å². The molecule has 2 aromatic rings. The fourth-order valence-electron chi connectivity index (χ4n) is 6.99. The zero-order valence-corrected chi connectivity index (χ0v) is 24.4. The molecule has 7 nitrogen and oxygen atoms in total. The molecule has 214 valence electrons. The number of carbonyl (C=O) groups is 3. The summed E-state index contributed by atoms with van der Waals surface area (Å²) in [6.07, 6.45) is 9.79. The van der Waals surface area contributed by atoms with Gasteiger partial charge in [-0.25, -0.2) is 0 Å². The van der Waals surface area contributed by atoms with Gasteiger partial charge in [0.05, 0.1) is 46.5 Å². The van der Waals surface area contributed by atoms with E-state index in [-0.39, 0.29) is 31.6 Å². The summed E-state index contributed by atoms with van der Waals surface area (Å²) >= 11 is 8.06. The molecule has 2 saturated heterocycles. The third kappa shape index (κ3) is 4.60. The molecule has 1 N–H and O–H groups in total. The van der Waals surface area contributed by atoms with Crippen molar-refractivity contribution in [2.45, 2.75) is 47.8 Å². The van der Waals surface area contributed by atoms with Crippen LogP contribution in [0.15, 0.2) is 78.9 Å². The Morgan fingerprint density at radius 2 is 1.78 bits per heavy atom. The maximum atomic E-state index is 14.7. The topological polar surface area (TPSA) is 87.1 Å². The molecule has 4 aliphatic rings. The average Bonchev–Trinajstić information content (AvgIpc) is 3.32. The van der Waals surface area contributed by atoms with Gasteiger partial charge in [0.1, 0.15) is 6.04 Å². The van der Waals surface area contributed by atoms with Crippen molar-refractivity contribution >= 4 is 46.8 Å². The Hall–Kier alpha value is -3.07. The number of cyclic esters (lactones) is 1. The fourth-order valence-corrected chi connectivity index (χ4v) is 9.37. The lowest BCUT2D eigenvalue weighted by atomic mass is 9.74. The van der Waals surface area contributed by atoms with Gasteiger partial charge in [-0.15, -0.1) is 11.8 Å². The Morgan fingerprint density at radius 3 is 2.54 bits per heavy atom. The SMILES string of the molecule is C[C@@]12/C=C\CCCOC(=O)[C@@H]1[C@H]1C(=O)N([C@@H](CO)Cc3ccccc3)C3C(=O)N(c4ccccc4Cl)CC=C[C@@]31S2. The number of amides is 2. The Kier molecular flexibility index (Phi) is 7.51. The van der Waals surface area contributed by atoms with Crippen molar-refractivity contribution in [1.82, 2.24) is 4.90 Å². The minimum Gasteiger partial charge on any atom is -0.465 e. The molecule has 4 aliphatic heterocycles. The summed E-state index contributed by atoms with van der Waals surface area (Å²) in [5.74, 6) is -2.64. The maximum absolute atomic E-state index is 14.7. The number of halogens is 1. The first-order valence-corrected chi connectivity index (χ1v) is 15.3. The van der Waals surface area contributed by atoms with E-state index in [9.17, 15) is 19.5 Å². The minimum atomic E-state index is -1.05. The van der Waals surface area contributed by atoms with Gasteiger partial charge in [-0.3, -0.25) is 14.4 Å². The number of para-hydroxylation sites is 1. The maximum Gasteiger partial charge on any atom is 0.311 e. The number of allylic oxidation sites excluding steroid dienone is 1. The molecule has 0 aliphatic carbocycles. The first kappa shape index (κ1) is 28.1. The third-order valence-corrected chi connectivity index (χ3v) is 10.9. The van der Waals surface area contributed by atoms with Gasteiger partial charge in [0.25, 0.3) is 5.91 Å². The molecule has 6 atom stereocenters. The molecule has 6 rings (SSSR count). The van der Waals surface area contributed by atoms with Crippen LogP contribution in [0, 0.1) is 11.8 Å². The summed E-state index contributed by atoms with van der Waals surface area (Å²) in [4.78, 5) is 46.3. The van der Waals surface area contributed by atoms with Crippen LogP contribution in [0.25, 0.3) is 0 Å². The number of esters is 1. The Labute approximate surface area is 249 Å². The summed E-state index contributed by atoms with van der Waals surface area (Å²) in [6, 6.07) is 15.1. The number of benzene rings is 2. The molecule has 0 aromatic heterocycles. The zero-order valence-electron chi connectivity index (χ0n) is 22.8. The van der Waals surface area contributed by atoms with Crippen LogP contribution in [0.1, 0.15) is 25.3 Å². The number of fused-ring (bicyclic) bond motifs is 2. The van der Waals surface area contributed by atoms with E-state index in [1.54, 1.807) is 28.0 Å². The number of aliphatic hydroxyl groups is 1. The monoisotopic (exact) mass is 592 g/mol. The lowest BCUT2D eigenvalue weighted by Crippen LogP contribution is -2.57. The fraction of sp³-hybridized carbons (Fsp3) is 0.406. The van der Waals surface area contributed by atoms with Crippen molar-refractivity contribution in [3.63, 3.8) is 0 Å². The van der Waals surface area contributed by atoms with Gasteiger partial charge in [0.15, 0.2) is 0 Å². The number of anilines is 1. The van der Waals surface area contributed by atoms with E-state index in [0.717, 1.165) is 12.0 Å². The molecule has 9 heteroatoms. The van der Waals surface area contributed by atoms with E-state index in [1.807, 2.05) is 61.5 Å². The van der Waals surface area contributed by atoms with E-state index in [2.05, 4.69) is 6.08 Å². The summed E-state index contributed by atoms with van der Waals surface area (Å²) in [7, 11) is 0. The number of hydrogen-bond donors (Lipinski definition) is 1. The van der Waals surface area contributed by atoms with Gasteiger partial charge in [-0.2, -0.15) is 0 Å². The lowest BCUT2D eigenvalue weighted by Gasteiger charge is -2.40. The second-order valence-electron chi connectivity index (χ2n) is 11.3. The van der Waals surface area contributed by atoms with Crippen molar-refractivity contribution in [2.24, 2.45) is 11.8 Å². The minimum absolute atomic E-state index is 0.264.